The van der Waals surface area contributed by atoms with Crippen LogP contribution in [0.3, 0.4) is 0 Å². The first kappa shape index (κ1) is 12.5. The Bertz CT molecular complexity index is 322. The second kappa shape index (κ2) is 6.82. The fourth-order valence-electron chi connectivity index (χ4n) is 1.21. The molecule has 0 bridgehead atoms. The molecule has 1 rings (SSSR count). The molecule has 0 saturated heterocycles. The van der Waals surface area contributed by atoms with E-state index in [9.17, 15) is 4.79 Å². The van der Waals surface area contributed by atoms with Crippen molar-refractivity contribution in [3.05, 3.63) is 18.3 Å². The minimum Gasteiger partial charge on any atom is -0.370 e. The van der Waals surface area contributed by atoms with Crippen LogP contribution >= 0.6 is 0 Å². The average molecular weight is 221 g/mol. The number of nitrogens with one attached hydrogen (secondary N) is 2. The summed E-state index contributed by atoms with van der Waals surface area (Å²) in [4.78, 5) is 15.3. The van der Waals surface area contributed by atoms with E-state index in [4.69, 9.17) is 0 Å². The van der Waals surface area contributed by atoms with Gasteiger partial charge in [0.2, 0.25) is 5.91 Å². The zero-order valence-corrected chi connectivity index (χ0v) is 9.92. The molecule has 1 aromatic rings. The molecule has 0 radical (unpaired) electrons. The molecule has 4 heteroatoms. The Morgan fingerprint density at radius 3 is 2.75 bits per heavy atom. The Balaban J connectivity index is 2.44. The van der Waals surface area contributed by atoms with Crippen molar-refractivity contribution in [3.8, 4) is 0 Å². The van der Waals surface area contributed by atoms with Crippen LogP contribution in [0.1, 0.15) is 33.1 Å². The lowest BCUT2D eigenvalue weighted by atomic mass is 10.3. The van der Waals surface area contributed by atoms with Gasteiger partial charge >= 0.3 is 0 Å². The van der Waals surface area contributed by atoms with Crippen LogP contribution in [0.2, 0.25) is 0 Å². The van der Waals surface area contributed by atoms with Gasteiger partial charge in [-0.1, -0.05) is 20.3 Å². The van der Waals surface area contributed by atoms with Gasteiger partial charge in [-0.3, -0.25) is 4.79 Å². The summed E-state index contributed by atoms with van der Waals surface area (Å²) in [5, 5.41) is 5.97. The van der Waals surface area contributed by atoms with Gasteiger partial charge in [-0.25, -0.2) is 4.98 Å². The average Bonchev–Trinajstić information content (AvgIpc) is 2.31. The number of pyridine rings is 1. The number of rotatable bonds is 6. The number of carbonyl (C=O) groups excluding carboxylic acids is 1. The molecular weight excluding hydrogens is 202 g/mol. The number of carbonyl (C=O) groups is 1. The third-order valence-corrected chi connectivity index (χ3v) is 2.20. The fourth-order valence-corrected chi connectivity index (χ4v) is 1.21. The normalized spacial score (nSPS) is 9.88. The highest BCUT2D eigenvalue weighted by Crippen LogP contribution is 2.09. The molecule has 0 fully saturated rings. The van der Waals surface area contributed by atoms with Gasteiger partial charge in [-0.2, -0.15) is 0 Å². The highest BCUT2D eigenvalue weighted by Gasteiger charge is 1.99. The SMILES string of the molecule is CCCCNc1ccc(NC(=O)CC)cn1. The molecule has 0 aliphatic heterocycles. The van der Waals surface area contributed by atoms with Crippen molar-refractivity contribution in [1.82, 2.24) is 4.98 Å². The van der Waals surface area contributed by atoms with Crippen LogP contribution in [-0.2, 0) is 4.79 Å². The number of hydrogen-bond acceptors (Lipinski definition) is 3. The maximum absolute atomic E-state index is 11.1. The first-order valence-electron chi connectivity index (χ1n) is 5.76. The van der Waals surface area contributed by atoms with Gasteiger partial charge in [-0.15, -0.1) is 0 Å². The summed E-state index contributed by atoms with van der Waals surface area (Å²) in [6.07, 6.45) is 4.45. The second-order valence-corrected chi connectivity index (χ2v) is 3.61. The molecule has 16 heavy (non-hydrogen) atoms. The zero-order valence-electron chi connectivity index (χ0n) is 9.92. The third kappa shape index (κ3) is 4.29. The molecule has 1 heterocycles. The number of aromatic nitrogens is 1. The number of amides is 1. The van der Waals surface area contributed by atoms with Crippen LogP contribution in [0.5, 0.6) is 0 Å². The van der Waals surface area contributed by atoms with Crippen molar-refractivity contribution in [3.63, 3.8) is 0 Å². The number of nitrogens with zero attached hydrogens (tertiary/aromatic N) is 1. The van der Waals surface area contributed by atoms with Crippen LogP contribution in [0.4, 0.5) is 11.5 Å². The van der Waals surface area contributed by atoms with Crippen molar-refractivity contribution in [2.75, 3.05) is 17.2 Å². The maximum atomic E-state index is 11.1. The minimum atomic E-state index is 0.00786. The van der Waals surface area contributed by atoms with E-state index < -0.39 is 0 Å². The molecule has 0 atom stereocenters. The van der Waals surface area contributed by atoms with Crippen LogP contribution in [-0.4, -0.2) is 17.4 Å². The Hall–Kier alpha value is -1.58. The van der Waals surface area contributed by atoms with Crippen molar-refractivity contribution in [1.29, 1.82) is 0 Å². The highest BCUT2D eigenvalue weighted by molar-refractivity contribution is 5.90. The van der Waals surface area contributed by atoms with Crippen LogP contribution in [0.15, 0.2) is 18.3 Å². The molecule has 88 valence electrons. The van der Waals surface area contributed by atoms with Crippen LogP contribution < -0.4 is 10.6 Å². The Morgan fingerprint density at radius 1 is 1.38 bits per heavy atom. The molecule has 0 aliphatic carbocycles. The van der Waals surface area contributed by atoms with E-state index in [0.29, 0.717) is 6.42 Å². The van der Waals surface area contributed by atoms with E-state index in [2.05, 4.69) is 22.5 Å². The van der Waals surface area contributed by atoms with E-state index in [1.54, 1.807) is 6.20 Å². The van der Waals surface area contributed by atoms with Gasteiger partial charge in [-0.05, 0) is 18.6 Å². The largest absolute Gasteiger partial charge is 0.370 e. The van der Waals surface area contributed by atoms with Gasteiger partial charge in [0.1, 0.15) is 5.82 Å². The van der Waals surface area contributed by atoms with E-state index in [0.717, 1.165) is 30.9 Å². The summed E-state index contributed by atoms with van der Waals surface area (Å²) < 4.78 is 0. The Labute approximate surface area is 96.5 Å². The standard InChI is InChI=1S/C12H19N3O/c1-3-5-8-13-11-7-6-10(9-14-11)15-12(16)4-2/h6-7,9H,3-5,8H2,1-2H3,(H,13,14)(H,15,16). The quantitative estimate of drug-likeness (QED) is 0.726. The van der Waals surface area contributed by atoms with E-state index >= 15 is 0 Å². The smallest absolute Gasteiger partial charge is 0.224 e. The molecular formula is C12H19N3O. The van der Waals surface area contributed by atoms with Crippen molar-refractivity contribution in [2.24, 2.45) is 0 Å². The van der Waals surface area contributed by atoms with Crippen LogP contribution in [0.25, 0.3) is 0 Å². The molecule has 0 aliphatic rings. The van der Waals surface area contributed by atoms with Gasteiger partial charge in [0.15, 0.2) is 0 Å². The summed E-state index contributed by atoms with van der Waals surface area (Å²) >= 11 is 0. The summed E-state index contributed by atoms with van der Waals surface area (Å²) in [7, 11) is 0. The Morgan fingerprint density at radius 2 is 2.19 bits per heavy atom. The van der Waals surface area contributed by atoms with Gasteiger partial charge in [0.05, 0.1) is 11.9 Å². The molecule has 4 nitrogen and oxygen atoms in total. The molecule has 0 aromatic carbocycles. The topological polar surface area (TPSA) is 54.0 Å². The maximum Gasteiger partial charge on any atom is 0.224 e. The Kier molecular flexibility index (Phi) is 5.32. The lowest BCUT2D eigenvalue weighted by molar-refractivity contribution is -0.115. The van der Waals surface area contributed by atoms with E-state index in [1.807, 2.05) is 19.1 Å². The van der Waals surface area contributed by atoms with Gasteiger partial charge in [0, 0.05) is 13.0 Å². The third-order valence-electron chi connectivity index (χ3n) is 2.20. The van der Waals surface area contributed by atoms with Crippen LogP contribution in [0, 0.1) is 0 Å². The number of anilines is 2. The number of hydrogen-bond donors (Lipinski definition) is 2. The minimum absolute atomic E-state index is 0.00786. The summed E-state index contributed by atoms with van der Waals surface area (Å²) in [5.74, 6) is 0.858. The second-order valence-electron chi connectivity index (χ2n) is 3.61. The number of unbranched alkanes of at least 4 members (excludes halogenated alkanes) is 1. The summed E-state index contributed by atoms with van der Waals surface area (Å²) in [5.41, 5.74) is 0.743. The zero-order chi connectivity index (χ0) is 11.8. The van der Waals surface area contributed by atoms with Crippen molar-refractivity contribution < 1.29 is 4.79 Å². The van der Waals surface area contributed by atoms with Gasteiger partial charge in [0.25, 0.3) is 0 Å². The first-order chi connectivity index (χ1) is 7.76. The van der Waals surface area contributed by atoms with Gasteiger partial charge < -0.3 is 10.6 Å². The van der Waals surface area contributed by atoms with Crippen molar-refractivity contribution in [2.45, 2.75) is 33.1 Å². The first-order valence-corrected chi connectivity index (χ1v) is 5.76. The summed E-state index contributed by atoms with van der Waals surface area (Å²) in [6.45, 7) is 4.91. The lowest BCUT2D eigenvalue weighted by Gasteiger charge is -2.06. The molecule has 0 spiro atoms. The van der Waals surface area contributed by atoms with E-state index in [1.165, 1.54) is 0 Å². The predicted octanol–water partition coefficient (Wildman–Crippen LogP) is 2.64. The highest BCUT2D eigenvalue weighted by atomic mass is 16.1. The molecule has 1 aromatic heterocycles. The molecule has 0 unspecified atom stereocenters. The van der Waals surface area contributed by atoms with Crippen molar-refractivity contribution >= 4 is 17.4 Å². The summed E-state index contributed by atoms with van der Waals surface area (Å²) in [6, 6.07) is 3.73. The molecule has 2 N–H and O–H groups in total. The molecule has 1 amide bonds. The van der Waals surface area contributed by atoms with E-state index in [-0.39, 0.29) is 5.91 Å². The predicted molar refractivity (Wildman–Crippen MR) is 66.6 cm³/mol. The monoisotopic (exact) mass is 221 g/mol. The lowest BCUT2D eigenvalue weighted by Crippen LogP contribution is -2.10. The molecule has 0 saturated carbocycles. The fraction of sp³-hybridized carbons (Fsp3) is 0.500.